The number of hydrogen-bond acceptors (Lipinski definition) is 2. The molecule has 1 fully saturated rings. The second kappa shape index (κ2) is 4.23. The lowest BCUT2D eigenvalue weighted by Gasteiger charge is -2.10. The maximum Gasteiger partial charge on any atom is 0.255 e. The lowest BCUT2D eigenvalue weighted by molar-refractivity contribution is 0.0941. The first-order chi connectivity index (χ1) is 9.75. The molecule has 0 atom stereocenters. The number of rotatable bonds is 2. The highest BCUT2D eigenvalue weighted by atomic mass is 16.3. The van der Waals surface area contributed by atoms with Crippen molar-refractivity contribution in [3.63, 3.8) is 0 Å². The molecule has 2 aromatic rings. The van der Waals surface area contributed by atoms with Gasteiger partial charge in [-0.05, 0) is 33.7 Å². The number of amides is 1. The van der Waals surface area contributed by atoms with Crippen LogP contribution in [0.3, 0.4) is 0 Å². The fourth-order valence-corrected chi connectivity index (χ4v) is 3.18. The second-order valence-corrected chi connectivity index (χ2v) is 7.07. The zero-order chi connectivity index (χ0) is 15.4. The molecule has 0 saturated heterocycles. The molecule has 0 radical (unpaired) electrons. The molecular formula is C18H21NO2. The van der Waals surface area contributed by atoms with Crippen molar-refractivity contribution in [1.82, 2.24) is 5.32 Å². The molecule has 0 aromatic heterocycles. The summed E-state index contributed by atoms with van der Waals surface area (Å²) in [5, 5.41) is 15.1. The van der Waals surface area contributed by atoms with Gasteiger partial charge in [-0.2, -0.15) is 0 Å². The van der Waals surface area contributed by atoms with Crippen LogP contribution in [-0.2, 0) is 0 Å². The molecule has 2 aromatic carbocycles. The smallest absolute Gasteiger partial charge is 0.255 e. The molecule has 0 unspecified atom stereocenters. The molecule has 1 amide bonds. The molecular weight excluding hydrogens is 262 g/mol. The average Bonchev–Trinajstić information content (AvgIpc) is 2.80. The van der Waals surface area contributed by atoms with E-state index < -0.39 is 0 Å². The van der Waals surface area contributed by atoms with Crippen molar-refractivity contribution < 1.29 is 9.90 Å². The van der Waals surface area contributed by atoms with E-state index in [0.717, 1.165) is 10.8 Å². The Labute approximate surface area is 125 Å². The predicted octanol–water partition coefficient (Wildman–Crippen LogP) is 3.71. The van der Waals surface area contributed by atoms with Gasteiger partial charge in [0.15, 0.2) is 0 Å². The van der Waals surface area contributed by atoms with Crippen LogP contribution in [0.25, 0.3) is 10.8 Å². The Kier molecular flexibility index (Phi) is 2.81. The number of fused-ring (bicyclic) bond motifs is 1. The predicted molar refractivity (Wildman–Crippen MR) is 84.4 cm³/mol. The van der Waals surface area contributed by atoms with E-state index in [2.05, 4.69) is 33.0 Å². The zero-order valence-electron chi connectivity index (χ0n) is 12.9. The van der Waals surface area contributed by atoms with Crippen molar-refractivity contribution in [3.05, 3.63) is 42.0 Å². The normalized spacial score (nSPS) is 19.4. The first-order valence-corrected chi connectivity index (χ1v) is 7.28. The van der Waals surface area contributed by atoms with Crippen LogP contribution in [0.4, 0.5) is 0 Å². The lowest BCUT2D eigenvalue weighted by Crippen LogP contribution is -2.29. The number of phenols is 1. The van der Waals surface area contributed by atoms with Gasteiger partial charge in [0.2, 0.25) is 0 Å². The van der Waals surface area contributed by atoms with E-state index >= 15 is 0 Å². The molecule has 1 saturated carbocycles. The summed E-state index contributed by atoms with van der Waals surface area (Å²) in [4.78, 5) is 12.5. The maximum atomic E-state index is 12.5. The largest absolute Gasteiger partial charge is 0.507 e. The van der Waals surface area contributed by atoms with Crippen molar-refractivity contribution in [2.24, 2.45) is 10.8 Å². The number of benzene rings is 2. The molecule has 1 aliphatic rings. The minimum Gasteiger partial charge on any atom is -0.507 e. The van der Waals surface area contributed by atoms with E-state index in [-0.39, 0.29) is 28.5 Å². The van der Waals surface area contributed by atoms with Gasteiger partial charge >= 0.3 is 0 Å². The van der Waals surface area contributed by atoms with Crippen molar-refractivity contribution in [3.8, 4) is 5.75 Å². The quantitative estimate of drug-likeness (QED) is 0.882. The third kappa shape index (κ3) is 1.99. The molecule has 3 heteroatoms. The number of carbonyl (C=O) groups excluding carboxylic acids is 1. The lowest BCUT2D eigenvalue weighted by atomic mass is 10.0. The van der Waals surface area contributed by atoms with Gasteiger partial charge in [-0.25, -0.2) is 0 Å². The summed E-state index contributed by atoms with van der Waals surface area (Å²) in [5.74, 6) is -0.177. The highest BCUT2D eigenvalue weighted by Crippen LogP contribution is 2.62. The minimum absolute atomic E-state index is 0.0301. The van der Waals surface area contributed by atoms with Gasteiger partial charge in [0.05, 0.1) is 5.56 Å². The van der Waals surface area contributed by atoms with Crippen LogP contribution in [0.2, 0.25) is 0 Å². The van der Waals surface area contributed by atoms with Gasteiger partial charge in [0.1, 0.15) is 5.75 Å². The van der Waals surface area contributed by atoms with Gasteiger partial charge in [0.25, 0.3) is 5.91 Å². The Morgan fingerprint density at radius 3 is 2.10 bits per heavy atom. The van der Waals surface area contributed by atoms with Gasteiger partial charge in [-0.1, -0.05) is 52.0 Å². The third-order valence-corrected chi connectivity index (χ3v) is 5.40. The summed E-state index contributed by atoms with van der Waals surface area (Å²) in [6.45, 7) is 8.60. The Hall–Kier alpha value is -2.03. The number of hydrogen-bond donors (Lipinski definition) is 2. The SMILES string of the molecule is CC1(C)C(NC(=O)c2cc3ccccc3cc2O)C1(C)C. The standard InChI is InChI=1S/C18H21NO2/c1-17(2)16(18(17,3)4)19-15(21)13-9-11-7-5-6-8-12(11)10-14(13)20/h5-10,16,20H,1-4H3,(H,19,21). The Balaban J connectivity index is 1.91. The van der Waals surface area contributed by atoms with Crippen LogP contribution in [0.15, 0.2) is 36.4 Å². The first-order valence-electron chi connectivity index (χ1n) is 7.28. The Bertz CT molecular complexity index is 717. The van der Waals surface area contributed by atoms with Crippen LogP contribution >= 0.6 is 0 Å². The van der Waals surface area contributed by atoms with Gasteiger partial charge in [-0.3, -0.25) is 4.79 Å². The van der Waals surface area contributed by atoms with E-state index in [1.807, 2.05) is 24.3 Å². The van der Waals surface area contributed by atoms with E-state index in [4.69, 9.17) is 0 Å². The second-order valence-electron chi connectivity index (χ2n) is 7.07. The summed E-state index contributed by atoms with van der Waals surface area (Å²) in [6, 6.07) is 11.2. The molecule has 2 N–H and O–H groups in total. The van der Waals surface area contributed by atoms with Crippen molar-refractivity contribution in [2.45, 2.75) is 33.7 Å². The van der Waals surface area contributed by atoms with E-state index in [1.165, 1.54) is 0 Å². The molecule has 3 nitrogen and oxygen atoms in total. The first kappa shape index (κ1) is 13.9. The molecule has 0 spiro atoms. The number of aromatic hydroxyl groups is 1. The fourth-order valence-electron chi connectivity index (χ4n) is 3.18. The third-order valence-electron chi connectivity index (χ3n) is 5.40. The molecule has 3 rings (SSSR count). The van der Waals surface area contributed by atoms with Crippen molar-refractivity contribution in [2.75, 3.05) is 0 Å². The van der Waals surface area contributed by atoms with Gasteiger partial charge in [0, 0.05) is 6.04 Å². The van der Waals surface area contributed by atoms with E-state index in [9.17, 15) is 9.90 Å². The average molecular weight is 283 g/mol. The van der Waals surface area contributed by atoms with Crippen LogP contribution in [-0.4, -0.2) is 17.1 Å². The topological polar surface area (TPSA) is 49.3 Å². The summed E-state index contributed by atoms with van der Waals surface area (Å²) >= 11 is 0. The zero-order valence-corrected chi connectivity index (χ0v) is 12.9. The highest BCUT2D eigenvalue weighted by Gasteiger charge is 2.65. The molecule has 21 heavy (non-hydrogen) atoms. The van der Waals surface area contributed by atoms with Crippen LogP contribution < -0.4 is 5.32 Å². The number of carbonyl (C=O) groups is 1. The highest BCUT2D eigenvalue weighted by molar-refractivity contribution is 6.01. The summed E-state index contributed by atoms with van der Waals surface area (Å²) < 4.78 is 0. The number of phenolic OH excluding ortho intramolecular Hbond substituents is 1. The monoisotopic (exact) mass is 283 g/mol. The Morgan fingerprint density at radius 2 is 1.57 bits per heavy atom. The van der Waals surface area contributed by atoms with Crippen molar-refractivity contribution >= 4 is 16.7 Å². The fraction of sp³-hybridized carbons (Fsp3) is 0.389. The van der Waals surface area contributed by atoms with Crippen LogP contribution in [0.5, 0.6) is 5.75 Å². The summed E-state index contributed by atoms with van der Waals surface area (Å²) in [6.07, 6.45) is 0. The molecule has 110 valence electrons. The van der Waals surface area contributed by atoms with Gasteiger partial charge < -0.3 is 10.4 Å². The van der Waals surface area contributed by atoms with Gasteiger partial charge in [-0.15, -0.1) is 0 Å². The van der Waals surface area contributed by atoms with E-state index in [1.54, 1.807) is 12.1 Å². The summed E-state index contributed by atoms with van der Waals surface area (Å²) in [5.41, 5.74) is 0.497. The van der Waals surface area contributed by atoms with Crippen molar-refractivity contribution in [1.29, 1.82) is 0 Å². The van der Waals surface area contributed by atoms with E-state index in [0.29, 0.717) is 5.56 Å². The maximum absolute atomic E-state index is 12.5. The van der Waals surface area contributed by atoms with Crippen LogP contribution in [0.1, 0.15) is 38.1 Å². The molecule has 0 bridgehead atoms. The molecule has 0 heterocycles. The van der Waals surface area contributed by atoms with Crippen LogP contribution in [0, 0.1) is 10.8 Å². The minimum atomic E-state index is -0.207. The molecule has 0 aliphatic heterocycles. The Morgan fingerprint density at radius 1 is 1.05 bits per heavy atom. The summed E-state index contributed by atoms with van der Waals surface area (Å²) in [7, 11) is 0. The number of nitrogens with one attached hydrogen (secondary N) is 1. The molecule has 1 aliphatic carbocycles.